The van der Waals surface area contributed by atoms with Crippen molar-refractivity contribution in [3.05, 3.63) is 42.9 Å². The standard InChI is InChI=1S/C15H13N5O2/c1-19(2)15-16-13-9-10(11-5-3-7-21-11)18-20(13)14(17-15)12-6-4-8-22-12/h3-9H,1-2H3. The van der Waals surface area contributed by atoms with Gasteiger partial charge in [0.05, 0.1) is 12.5 Å². The summed E-state index contributed by atoms with van der Waals surface area (Å²) in [5.41, 5.74) is 1.37. The molecular formula is C15H13N5O2. The third-order valence-electron chi connectivity index (χ3n) is 3.23. The molecule has 0 amide bonds. The average molecular weight is 295 g/mol. The lowest BCUT2D eigenvalue weighted by Gasteiger charge is -2.11. The molecule has 0 atom stereocenters. The molecule has 110 valence electrons. The van der Waals surface area contributed by atoms with E-state index in [-0.39, 0.29) is 0 Å². The fourth-order valence-electron chi connectivity index (χ4n) is 2.19. The van der Waals surface area contributed by atoms with E-state index in [4.69, 9.17) is 8.83 Å². The van der Waals surface area contributed by atoms with Crippen molar-refractivity contribution in [2.75, 3.05) is 19.0 Å². The Hall–Kier alpha value is -3.09. The topological polar surface area (TPSA) is 72.6 Å². The molecule has 4 aromatic heterocycles. The van der Waals surface area contributed by atoms with E-state index in [9.17, 15) is 0 Å². The fraction of sp³-hybridized carbons (Fsp3) is 0.133. The smallest absolute Gasteiger partial charge is 0.229 e. The Morgan fingerprint density at radius 2 is 1.73 bits per heavy atom. The Balaban J connectivity index is 1.99. The zero-order chi connectivity index (χ0) is 15.1. The number of rotatable bonds is 3. The quantitative estimate of drug-likeness (QED) is 0.578. The van der Waals surface area contributed by atoms with Crippen LogP contribution in [-0.2, 0) is 0 Å². The highest BCUT2D eigenvalue weighted by atomic mass is 16.3. The molecule has 0 radical (unpaired) electrons. The molecule has 0 N–H and O–H groups in total. The first-order chi connectivity index (χ1) is 10.7. The van der Waals surface area contributed by atoms with Crippen LogP contribution in [0.4, 0.5) is 5.95 Å². The summed E-state index contributed by atoms with van der Waals surface area (Å²) in [6, 6.07) is 9.20. The SMILES string of the molecule is CN(C)c1nc(-c2ccco2)n2nc(-c3ccco3)cc2n1. The summed E-state index contributed by atoms with van der Waals surface area (Å²) in [7, 11) is 3.78. The molecule has 4 rings (SSSR count). The molecular weight excluding hydrogens is 282 g/mol. The zero-order valence-electron chi connectivity index (χ0n) is 12.1. The molecule has 4 aromatic rings. The average Bonchev–Trinajstić information content (AvgIpc) is 3.25. The largest absolute Gasteiger partial charge is 0.463 e. The van der Waals surface area contributed by atoms with Gasteiger partial charge >= 0.3 is 0 Å². The van der Waals surface area contributed by atoms with E-state index in [1.165, 1.54) is 0 Å². The number of furan rings is 2. The minimum absolute atomic E-state index is 0.588. The molecule has 0 aliphatic carbocycles. The van der Waals surface area contributed by atoms with Crippen LogP contribution >= 0.6 is 0 Å². The summed E-state index contributed by atoms with van der Waals surface area (Å²) in [6.45, 7) is 0. The van der Waals surface area contributed by atoms with Gasteiger partial charge in [-0.1, -0.05) is 0 Å². The van der Waals surface area contributed by atoms with E-state index in [1.54, 1.807) is 17.0 Å². The van der Waals surface area contributed by atoms with Gasteiger partial charge in [-0.15, -0.1) is 0 Å². The highest BCUT2D eigenvalue weighted by Crippen LogP contribution is 2.25. The Morgan fingerprint density at radius 3 is 2.36 bits per heavy atom. The summed E-state index contributed by atoms with van der Waals surface area (Å²) < 4.78 is 12.5. The van der Waals surface area contributed by atoms with Crippen LogP contribution in [0.2, 0.25) is 0 Å². The fourth-order valence-corrected chi connectivity index (χ4v) is 2.19. The summed E-state index contributed by atoms with van der Waals surface area (Å²) >= 11 is 0. The van der Waals surface area contributed by atoms with Crippen LogP contribution in [0.3, 0.4) is 0 Å². The van der Waals surface area contributed by atoms with Crippen LogP contribution in [-0.4, -0.2) is 33.7 Å². The normalized spacial score (nSPS) is 11.2. The van der Waals surface area contributed by atoms with E-state index in [0.717, 1.165) is 0 Å². The van der Waals surface area contributed by atoms with Gasteiger partial charge in [0.2, 0.25) is 11.8 Å². The minimum Gasteiger partial charge on any atom is -0.463 e. The van der Waals surface area contributed by atoms with Crippen molar-refractivity contribution < 1.29 is 8.83 Å². The molecule has 0 aliphatic heterocycles. The van der Waals surface area contributed by atoms with E-state index < -0.39 is 0 Å². The van der Waals surface area contributed by atoms with Gasteiger partial charge < -0.3 is 13.7 Å². The highest BCUT2D eigenvalue weighted by Gasteiger charge is 2.17. The highest BCUT2D eigenvalue weighted by molar-refractivity contribution is 5.63. The van der Waals surface area contributed by atoms with E-state index >= 15 is 0 Å². The van der Waals surface area contributed by atoms with Crippen LogP contribution in [0, 0.1) is 0 Å². The second-order valence-electron chi connectivity index (χ2n) is 5.00. The first-order valence-electron chi connectivity index (χ1n) is 6.75. The Bertz CT molecular complexity index is 907. The van der Waals surface area contributed by atoms with Gasteiger partial charge in [0.1, 0.15) is 5.69 Å². The van der Waals surface area contributed by atoms with E-state index in [1.807, 2.05) is 49.3 Å². The Labute approximate surface area is 125 Å². The van der Waals surface area contributed by atoms with Gasteiger partial charge in [0, 0.05) is 20.2 Å². The second kappa shape index (κ2) is 4.73. The van der Waals surface area contributed by atoms with E-state index in [2.05, 4.69) is 15.1 Å². The molecule has 7 heteroatoms. The van der Waals surface area contributed by atoms with Crippen LogP contribution in [0.1, 0.15) is 0 Å². The second-order valence-corrected chi connectivity index (χ2v) is 5.00. The van der Waals surface area contributed by atoms with E-state index in [0.29, 0.717) is 34.6 Å². The maximum Gasteiger partial charge on any atom is 0.229 e. The molecule has 0 saturated carbocycles. The number of anilines is 1. The molecule has 4 heterocycles. The maximum absolute atomic E-state index is 5.47. The van der Waals surface area contributed by atoms with Gasteiger partial charge in [-0.3, -0.25) is 0 Å². The van der Waals surface area contributed by atoms with Crippen LogP contribution in [0.15, 0.2) is 51.7 Å². The first-order valence-corrected chi connectivity index (χ1v) is 6.75. The summed E-state index contributed by atoms with van der Waals surface area (Å²) in [4.78, 5) is 10.9. The van der Waals surface area contributed by atoms with Crippen molar-refractivity contribution in [3.8, 4) is 23.0 Å². The van der Waals surface area contributed by atoms with Crippen LogP contribution in [0.25, 0.3) is 28.7 Å². The third-order valence-corrected chi connectivity index (χ3v) is 3.23. The van der Waals surface area contributed by atoms with Crippen molar-refractivity contribution in [2.24, 2.45) is 0 Å². The molecule has 0 spiro atoms. The molecule has 0 aliphatic rings. The lowest BCUT2D eigenvalue weighted by molar-refractivity contribution is 0.571. The summed E-state index contributed by atoms with van der Waals surface area (Å²) in [5.74, 6) is 2.49. The molecule has 22 heavy (non-hydrogen) atoms. The number of aromatic nitrogens is 4. The molecule has 0 aromatic carbocycles. The number of fused-ring (bicyclic) bond motifs is 1. The lowest BCUT2D eigenvalue weighted by atomic mass is 10.3. The van der Waals surface area contributed by atoms with Crippen molar-refractivity contribution in [1.82, 2.24) is 19.6 Å². The maximum atomic E-state index is 5.47. The summed E-state index contributed by atoms with van der Waals surface area (Å²) in [5, 5.41) is 4.53. The molecule has 7 nitrogen and oxygen atoms in total. The zero-order valence-corrected chi connectivity index (χ0v) is 12.1. The van der Waals surface area contributed by atoms with Crippen molar-refractivity contribution >= 4 is 11.6 Å². The molecule has 0 fully saturated rings. The van der Waals surface area contributed by atoms with Crippen LogP contribution in [0.5, 0.6) is 0 Å². The molecule has 0 bridgehead atoms. The van der Waals surface area contributed by atoms with Crippen LogP contribution < -0.4 is 4.90 Å². The third kappa shape index (κ3) is 1.95. The number of hydrogen-bond donors (Lipinski definition) is 0. The predicted molar refractivity (Wildman–Crippen MR) is 80.5 cm³/mol. The lowest BCUT2D eigenvalue weighted by Crippen LogP contribution is -2.14. The monoisotopic (exact) mass is 295 g/mol. The Morgan fingerprint density at radius 1 is 1.00 bits per heavy atom. The number of nitrogens with zero attached hydrogens (tertiary/aromatic N) is 5. The predicted octanol–water partition coefficient (Wildman–Crippen LogP) is 2.71. The molecule has 0 saturated heterocycles. The first kappa shape index (κ1) is 12.6. The minimum atomic E-state index is 0.588. The van der Waals surface area contributed by atoms with Crippen molar-refractivity contribution in [1.29, 1.82) is 0 Å². The summed E-state index contributed by atoms with van der Waals surface area (Å²) in [6.07, 6.45) is 3.22. The van der Waals surface area contributed by atoms with Crippen molar-refractivity contribution in [3.63, 3.8) is 0 Å². The van der Waals surface area contributed by atoms with Crippen molar-refractivity contribution in [2.45, 2.75) is 0 Å². The van der Waals surface area contributed by atoms with Gasteiger partial charge in [-0.25, -0.2) is 0 Å². The van der Waals surface area contributed by atoms with Gasteiger partial charge in [-0.2, -0.15) is 19.6 Å². The van der Waals surface area contributed by atoms with Gasteiger partial charge in [0.15, 0.2) is 17.2 Å². The van der Waals surface area contributed by atoms with Gasteiger partial charge in [-0.05, 0) is 24.3 Å². The Kier molecular flexibility index (Phi) is 2.72. The van der Waals surface area contributed by atoms with Gasteiger partial charge in [0.25, 0.3) is 0 Å². The molecule has 0 unspecified atom stereocenters. The number of hydrogen-bond acceptors (Lipinski definition) is 6.